The summed E-state index contributed by atoms with van der Waals surface area (Å²) in [5.41, 5.74) is 0. The quantitative estimate of drug-likeness (QED) is 0.0903. The molecule has 0 atom stereocenters. The first-order valence-electron chi connectivity index (χ1n) is 10.1. The maximum Gasteiger partial charge on any atom is 0.524 e. The Morgan fingerprint density at radius 3 is 1.10 bits per heavy atom. The first-order valence-corrected chi connectivity index (χ1v) is 12.4. The third-order valence-corrected chi connectivity index (χ3v) is 3.62. The molecule has 0 rings (SSSR count). The Hall–Kier alpha value is 0.0300. The average molecular weight is 517 g/mol. The lowest BCUT2D eigenvalue weighted by Gasteiger charge is -2.01. The summed E-state index contributed by atoms with van der Waals surface area (Å²) in [6.45, 7) is 3.91. The highest BCUT2D eigenvalue weighted by Crippen LogP contribution is 2.36. The molecule has 0 radical (unpaired) electrons. The van der Waals surface area contributed by atoms with Gasteiger partial charge in [-0.3, -0.25) is 9.79 Å². The SMILES string of the molecule is O=P(O)(O)OC=C(Cl)Cl.OCCCCOCCCCO.OCCCCOCCCCO. The molecular weight excluding hydrogens is 478 g/mol. The number of hydrogen-bond acceptors (Lipinski definition) is 8. The highest BCUT2D eigenvalue weighted by atomic mass is 35.5. The topological polar surface area (TPSA) is 166 Å². The molecular formula is C18H39Cl2O10P. The molecule has 0 aromatic rings. The summed E-state index contributed by atoms with van der Waals surface area (Å²) in [5.74, 6) is 0. The normalized spacial score (nSPS) is 10.5. The fourth-order valence-corrected chi connectivity index (χ4v) is 2.03. The molecule has 13 heteroatoms. The van der Waals surface area contributed by atoms with Crippen molar-refractivity contribution in [2.24, 2.45) is 0 Å². The molecule has 0 saturated carbocycles. The second kappa shape index (κ2) is 30.0. The molecule has 0 aliphatic heterocycles. The summed E-state index contributed by atoms with van der Waals surface area (Å²) in [7, 11) is -4.46. The van der Waals surface area contributed by atoms with Crippen molar-refractivity contribution < 1.29 is 48.8 Å². The first-order chi connectivity index (χ1) is 14.7. The number of ether oxygens (including phenoxy) is 2. The number of phosphoric acid groups is 1. The molecule has 10 nitrogen and oxygen atoms in total. The van der Waals surface area contributed by atoms with Gasteiger partial charge in [-0.2, -0.15) is 0 Å². The Labute approximate surface area is 195 Å². The van der Waals surface area contributed by atoms with Crippen LogP contribution < -0.4 is 0 Å². The maximum absolute atomic E-state index is 9.85. The third-order valence-electron chi connectivity index (χ3n) is 3.07. The summed E-state index contributed by atoms with van der Waals surface area (Å²) >= 11 is 9.88. The van der Waals surface area contributed by atoms with Gasteiger partial charge in [0.2, 0.25) is 0 Å². The van der Waals surface area contributed by atoms with Gasteiger partial charge < -0.3 is 34.4 Å². The predicted octanol–water partition coefficient (Wildman–Crippen LogP) is 2.47. The molecule has 31 heavy (non-hydrogen) atoms. The van der Waals surface area contributed by atoms with Crippen molar-refractivity contribution in [2.75, 3.05) is 52.9 Å². The van der Waals surface area contributed by atoms with Crippen molar-refractivity contribution >= 4 is 31.0 Å². The number of halogens is 2. The predicted molar refractivity (Wildman–Crippen MR) is 120 cm³/mol. The van der Waals surface area contributed by atoms with Crippen molar-refractivity contribution in [1.82, 2.24) is 0 Å². The van der Waals surface area contributed by atoms with Crippen LogP contribution in [-0.4, -0.2) is 83.1 Å². The second-order valence-corrected chi connectivity index (χ2v) is 8.15. The molecule has 6 N–H and O–H groups in total. The minimum atomic E-state index is -4.46. The van der Waals surface area contributed by atoms with Gasteiger partial charge in [0.15, 0.2) is 0 Å². The van der Waals surface area contributed by atoms with Crippen LogP contribution in [0.5, 0.6) is 0 Å². The molecule has 0 spiro atoms. The van der Waals surface area contributed by atoms with Crippen LogP contribution in [0.4, 0.5) is 0 Å². The summed E-state index contributed by atoms with van der Waals surface area (Å²) in [6.07, 6.45) is 7.54. The summed E-state index contributed by atoms with van der Waals surface area (Å²) in [6, 6.07) is 0. The van der Waals surface area contributed by atoms with Crippen molar-refractivity contribution in [3.05, 3.63) is 10.8 Å². The standard InChI is InChI=1S/2C8H18O3.C2H3Cl2O4P/c2*9-5-1-3-7-11-8-4-2-6-10;3-2(4)1-8-9(5,6)7/h2*9-10H,1-8H2;1H,(H2,5,6,7). The van der Waals surface area contributed by atoms with E-state index in [4.69, 9.17) is 62.9 Å². The van der Waals surface area contributed by atoms with Crippen LogP contribution in [0.2, 0.25) is 0 Å². The molecule has 0 aromatic heterocycles. The molecule has 0 aromatic carbocycles. The van der Waals surface area contributed by atoms with Gasteiger partial charge in [-0.1, -0.05) is 23.2 Å². The van der Waals surface area contributed by atoms with Crippen LogP contribution >= 0.6 is 31.0 Å². The van der Waals surface area contributed by atoms with Crippen LogP contribution in [0.3, 0.4) is 0 Å². The Balaban J connectivity index is -0.000000382. The average Bonchev–Trinajstić information content (AvgIpc) is 2.72. The zero-order valence-electron chi connectivity index (χ0n) is 17.9. The Morgan fingerprint density at radius 2 is 0.935 bits per heavy atom. The van der Waals surface area contributed by atoms with E-state index in [0.717, 1.165) is 77.8 Å². The molecule has 0 saturated heterocycles. The van der Waals surface area contributed by atoms with Crippen molar-refractivity contribution in [1.29, 1.82) is 0 Å². The summed E-state index contributed by atoms with van der Waals surface area (Å²) < 4.78 is 23.7. The van der Waals surface area contributed by atoms with E-state index in [9.17, 15) is 4.57 Å². The number of hydrogen-bond donors (Lipinski definition) is 6. The zero-order chi connectivity index (χ0) is 24.2. The highest BCUT2D eigenvalue weighted by Gasteiger charge is 2.11. The van der Waals surface area contributed by atoms with E-state index in [0.29, 0.717) is 6.26 Å². The fourth-order valence-electron chi connectivity index (χ4n) is 1.58. The largest absolute Gasteiger partial charge is 0.524 e. The van der Waals surface area contributed by atoms with Crippen molar-refractivity contribution in [2.45, 2.75) is 51.4 Å². The number of rotatable bonds is 18. The summed E-state index contributed by atoms with van der Waals surface area (Å²) in [4.78, 5) is 16.0. The molecule has 0 fully saturated rings. The monoisotopic (exact) mass is 516 g/mol. The van der Waals surface area contributed by atoms with Gasteiger partial charge in [0.1, 0.15) is 10.8 Å². The van der Waals surface area contributed by atoms with Gasteiger partial charge in [0, 0.05) is 52.9 Å². The minimum absolute atomic E-state index is 0.250. The van der Waals surface area contributed by atoms with Crippen molar-refractivity contribution in [3.8, 4) is 0 Å². The lowest BCUT2D eigenvalue weighted by Crippen LogP contribution is -1.98. The van der Waals surface area contributed by atoms with E-state index in [1.165, 1.54) is 0 Å². The van der Waals surface area contributed by atoms with Gasteiger partial charge in [-0.05, 0) is 51.4 Å². The van der Waals surface area contributed by atoms with E-state index in [-0.39, 0.29) is 30.9 Å². The molecule has 0 bridgehead atoms. The highest BCUT2D eigenvalue weighted by molar-refractivity contribution is 7.46. The maximum atomic E-state index is 9.85. The van der Waals surface area contributed by atoms with Crippen LogP contribution in [-0.2, 0) is 18.6 Å². The fraction of sp³-hybridized carbons (Fsp3) is 0.889. The van der Waals surface area contributed by atoms with E-state index in [2.05, 4.69) is 4.52 Å². The van der Waals surface area contributed by atoms with Gasteiger partial charge in [-0.15, -0.1) is 0 Å². The molecule has 0 amide bonds. The van der Waals surface area contributed by atoms with E-state index >= 15 is 0 Å². The Kier molecular flexibility index (Phi) is 34.5. The van der Waals surface area contributed by atoms with Gasteiger partial charge in [0.05, 0.1) is 0 Å². The van der Waals surface area contributed by atoms with Crippen molar-refractivity contribution in [3.63, 3.8) is 0 Å². The van der Waals surface area contributed by atoms with E-state index < -0.39 is 7.82 Å². The van der Waals surface area contributed by atoms with Gasteiger partial charge in [0.25, 0.3) is 0 Å². The molecule has 0 aliphatic rings. The van der Waals surface area contributed by atoms with Gasteiger partial charge in [-0.25, -0.2) is 4.57 Å². The van der Waals surface area contributed by atoms with Crippen LogP contribution in [0.25, 0.3) is 0 Å². The van der Waals surface area contributed by atoms with Crippen LogP contribution in [0.1, 0.15) is 51.4 Å². The first kappa shape index (κ1) is 35.6. The third kappa shape index (κ3) is 48.6. The van der Waals surface area contributed by atoms with Gasteiger partial charge >= 0.3 is 7.82 Å². The molecule has 190 valence electrons. The lowest BCUT2D eigenvalue weighted by molar-refractivity contribution is 0.117. The van der Waals surface area contributed by atoms with E-state index in [1.807, 2.05) is 0 Å². The number of aliphatic hydroxyl groups is 4. The van der Waals surface area contributed by atoms with Crippen LogP contribution in [0, 0.1) is 0 Å². The summed E-state index contributed by atoms with van der Waals surface area (Å²) in [5, 5.41) is 33.7. The Morgan fingerprint density at radius 1 is 0.645 bits per heavy atom. The smallest absolute Gasteiger partial charge is 0.410 e. The van der Waals surface area contributed by atoms with E-state index in [1.54, 1.807) is 0 Å². The minimum Gasteiger partial charge on any atom is -0.410 e. The zero-order valence-corrected chi connectivity index (χ0v) is 20.3. The second-order valence-electron chi connectivity index (χ2n) is 5.95. The number of phosphoric ester groups is 1. The number of unbranched alkanes of at least 4 members (excludes halogenated alkanes) is 4. The molecule has 0 aliphatic carbocycles. The van der Waals surface area contributed by atoms with Crippen LogP contribution in [0.15, 0.2) is 10.8 Å². The lowest BCUT2D eigenvalue weighted by atomic mass is 10.3. The molecule has 0 unspecified atom stereocenters. The number of aliphatic hydroxyl groups excluding tert-OH is 4. The Bertz CT molecular complexity index is 373. The molecule has 0 heterocycles.